The predicted molar refractivity (Wildman–Crippen MR) is 128 cm³/mol. The molecule has 4 atom stereocenters. The van der Waals surface area contributed by atoms with Crippen LogP contribution < -0.4 is 0 Å². The summed E-state index contributed by atoms with van der Waals surface area (Å²) in [4.78, 5) is 1.91. The summed E-state index contributed by atoms with van der Waals surface area (Å²) in [6.07, 6.45) is -12.2. The molecule has 0 aromatic heterocycles. The van der Waals surface area contributed by atoms with Crippen LogP contribution in [0.15, 0.2) is 36.4 Å². The van der Waals surface area contributed by atoms with Crippen molar-refractivity contribution in [1.82, 2.24) is 4.90 Å². The van der Waals surface area contributed by atoms with Crippen molar-refractivity contribution in [3.63, 3.8) is 0 Å². The second-order valence-corrected chi connectivity index (χ2v) is 12.4. The standard InChI is InChI=1S/C26H27F8NO4S/c1-15(18-10-19(25(29,30)31)13-20(11-18)26(32,33)34)39-24-23(16-2-3-21(27)22(28)12-16)17(4-7-38-24)14-35-5-8-40(36,37)9-6-35/h2-3,10-13,15,17,23-24H,4-9,14H2,1H3. The van der Waals surface area contributed by atoms with Crippen LogP contribution in [-0.4, -0.2) is 57.4 Å². The van der Waals surface area contributed by atoms with Crippen LogP contribution in [0, 0.1) is 17.6 Å². The number of rotatable bonds is 6. The number of hydrogen-bond donors (Lipinski definition) is 0. The lowest BCUT2D eigenvalue weighted by molar-refractivity contribution is -0.210. The van der Waals surface area contributed by atoms with Gasteiger partial charge in [-0.1, -0.05) is 6.07 Å². The quantitative estimate of drug-likeness (QED) is 0.383. The highest BCUT2D eigenvalue weighted by Gasteiger charge is 2.41. The molecule has 2 aliphatic rings. The molecule has 0 spiro atoms. The zero-order valence-electron chi connectivity index (χ0n) is 21.2. The number of nitrogens with zero attached hydrogens (tertiary/aromatic N) is 1. The fraction of sp³-hybridized carbons (Fsp3) is 0.538. The van der Waals surface area contributed by atoms with Gasteiger partial charge in [0.25, 0.3) is 0 Å². The van der Waals surface area contributed by atoms with Crippen LogP contribution in [0.5, 0.6) is 0 Å². The van der Waals surface area contributed by atoms with Crippen LogP contribution in [0.1, 0.15) is 47.6 Å². The Kier molecular flexibility index (Phi) is 8.84. The van der Waals surface area contributed by atoms with Crippen molar-refractivity contribution >= 4 is 9.84 Å². The van der Waals surface area contributed by atoms with Crippen molar-refractivity contribution in [2.24, 2.45) is 5.92 Å². The summed E-state index contributed by atoms with van der Waals surface area (Å²) in [6, 6.07) is 4.34. The van der Waals surface area contributed by atoms with Crippen molar-refractivity contribution in [3.05, 3.63) is 70.3 Å². The Hall–Kier alpha value is -2.29. The molecule has 2 heterocycles. The molecule has 0 bridgehead atoms. The highest BCUT2D eigenvalue weighted by atomic mass is 32.2. The molecular formula is C26H27F8NO4S. The predicted octanol–water partition coefficient (Wildman–Crippen LogP) is 5.96. The van der Waals surface area contributed by atoms with Crippen molar-refractivity contribution in [3.8, 4) is 0 Å². The highest BCUT2D eigenvalue weighted by molar-refractivity contribution is 7.91. The molecule has 2 aliphatic heterocycles. The van der Waals surface area contributed by atoms with Crippen LogP contribution >= 0.6 is 0 Å². The fourth-order valence-electron chi connectivity index (χ4n) is 5.08. The molecule has 2 aromatic rings. The molecule has 14 heteroatoms. The second kappa shape index (κ2) is 11.5. The Morgan fingerprint density at radius 1 is 0.950 bits per heavy atom. The van der Waals surface area contributed by atoms with Crippen molar-refractivity contribution in [1.29, 1.82) is 0 Å². The van der Waals surface area contributed by atoms with Gasteiger partial charge >= 0.3 is 12.4 Å². The zero-order valence-corrected chi connectivity index (χ0v) is 22.1. The van der Waals surface area contributed by atoms with Gasteiger partial charge in [0.15, 0.2) is 27.8 Å². The maximum absolute atomic E-state index is 14.2. The first kappa shape index (κ1) is 30.7. The van der Waals surface area contributed by atoms with E-state index in [2.05, 4.69) is 0 Å². The third kappa shape index (κ3) is 7.31. The number of ether oxygens (including phenoxy) is 2. The summed E-state index contributed by atoms with van der Waals surface area (Å²) < 4.78 is 144. The van der Waals surface area contributed by atoms with E-state index in [4.69, 9.17) is 9.47 Å². The van der Waals surface area contributed by atoms with Gasteiger partial charge in [-0.05, 0) is 60.7 Å². The molecule has 2 saturated heterocycles. The van der Waals surface area contributed by atoms with E-state index in [1.165, 1.54) is 13.0 Å². The minimum atomic E-state index is -5.04. The second-order valence-electron chi connectivity index (χ2n) is 10.1. The van der Waals surface area contributed by atoms with Crippen LogP contribution in [0.25, 0.3) is 0 Å². The lowest BCUT2D eigenvalue weighted by Crippen LogP contribution is -2.47. The normalized spacial score (nSPS) is 25.1. The average Bonchev–Trinajstić information content (AvgIpc) is 2.86. The van der Waals surface area contributed by atoms with Gasteiger partial charge in [0.2, 0.25) is 0 Å². The molecule has 4 rings (SSSR count). The number of benzene rings is 2. The highest BCUT2D eigenvalue weighted by Crippen LogP contribution is 2.42. The van der Waals surface area contributed by atoms with E-state index in [0.29, 0.717) is 25.1 Å². The molecule has 0 N–H and O–H groups in total. The minimum Gasteiger partial charge on any atom is -0.352 e. The van der Waals surface area contributed by atoms with Gasteiger partial charge in [0.1, 0.15) is 0 Å². The van der Waals surface area contributed by atoms with E-state index in [-0.39, 0.29) is 48.7 Å². The monoisotopic (exact) mass is 601 g/mol. The molecular weight excluding hydrogens is 574 g/mol. The van der Waals surface area contributed by atoms with E-state index in [1.807, 2.05) is 4.90 Å². The summed E-state index contributed by atoms with van der Waals surface area (Å²) in [6.45, 7) is 2.26. The van der Waals surface area contributed by atoms with Crippen LogP contribution in [-0.2, 0) is 31.7 Å². The molecule has 0 radical (unpaired) electrons. The third-order valence-corrected chi connectivity index (χ3v) is 8.86. The SMILES string of the molecule is CC(OC1OCCC(CN2CCS(=O)(=O)CC2)C1c1ccc(F)c(F)c1)c1cc(C(F)(F)F)cc(C(F)(F)F)c1. The molecule has 0 saturated carbocycles. The number of hydrogen-bond acceptors (Lipinski definition) is 5. The Balaban J connectivity index is 1.64. The van der Waals surface area contributed by atoms with E-state index < -0.39 is 68.8 Å². The Bertz CT molecular complexity index is 1270. The third-order valence-electron chi connectivity index (χ3n) is 7.25. The number of alkyl halides is 6. The van der Waals surface area contributed by atoms with E-state index in [0.717, 1.165) is 12.1 Å². The first-order valence-corrected chi connectivity index (χ1v) is 14.3. The van der Waals surface area contributed by atoms with Gasteiger partial charge in [-0.2, -0.15) is 26.3 Å². The minimum absolute atomic E-state index is 0.0201. The van der Waals surface area contributed by atoms with Gasteiger partial charge in [-0.3, -0.25) is 0 Å². The van der Waals surface area contributed by atoms with Crippen LogP contribution in [0.4, 0.5) is 35.1 Å². The molecule has 5 nitrogen and oxygen atoms in total. The van der Waals surface area contributed by atoms with E-state index >= 15 is 0 Å². The molecule has 0 aliphatic carbocycles. The van der Waals surface area contributed by atoms with Crippen molar-refractivity contribution in [2.45, 2.75) is 44.0 Å². The van der Waals surface area contributed by atoms with E-state index in [1.54, 1.807) is 0 Å². The van der Waals surface area contributed by atoms with Gasteiger partial charge in [-0.25, -0.2) is 17.2 Å². The summed E-state index contributed by atoms with van der Waals surface area (Å²) >= 11 is 0. The molecule has 2 aromatic carbocycles. The molecule has 222 valence electrons. The topological polar surface area (TPSA) is 55.8 Å². The number of sulfone groups is 1. The molecule has 0 amide bonds. The first-order valence-electron chi connectivity index (χ1n) is 12.5. The maximum Gasteiger partial charge on any atom is 0.416 e. The lowest BCUT2D eigenvalue weighted by Gasteiger charge is -2.42. The van der Waals surface area contributed by atoms with Crippen molar-refractivity contribution < 1.29 is 53.0 Å². The van der Waals surface area contributed by atoms with E-state index in [9.17, 15) is 43.5 Å². The Morgan fingerprint density at radius 2 is 1.55 bits per heavy atom. The summed E-state index contributed by atoms with van der Waals surface area (Å²) in [5.41, 5.74) is -3.11. The first-order chi connectivity index (χ1) is 18.5. The van der Waals surface area contributed by atoms with Gasteiger partial charge in [0.05, 0.1) is 35.3 Å². The number of halogens is 8. The largest absolute Gasteiger partial charge is 0.416 e. The maximum atomic E-state index is 14.2. The van der Waals surface area contributed by atoms with Crippen LogP contribution in [0.3, 0.4) is 0 Å². The molecule has 4 unspecified atom stereocenters. The molecule has 40 heavy (non-hydrogen) atoms. The van der Waals surface area contributed by atoms with Crippen molar-refractivity contribution in [2.75, 3.05) is 37.7 Å². The van der Waals surface area contributed by atoms with Gasteiger partial charge in [-0.15, -0.1) is 0 Å². The molecule has 2 fully saturated rings. The van der Waals surface area contributed by atoms with Gasteiger partial charge in [0, 0.05) is 25.6 Å². The lowest BCUT2D eigenvalue weighted by atomic mass is 9.81. The zero-order chi connectivity index (χ0) is 29.5. The summed E-state index contributed by atoms with van der Waals surface area (Å²) in [5, 5.41) is 0. The van der Waals surface area contributed by atoms with Crippen LogP contribution in [0.2, 0.25) is 0 Å². The fourth-order valence-corrected chi connectivity index (χ4v) is 6.35. The smallest absolute Gasteiger partial charge is 0.352 e. The van der Waals surface area contributed by atoms with Gasteiger partial charge < -0.3 is 14.4 Å². The summed E-state index contributed by atoms with van der Waals surface area (Å²) in [5.74, 6) is -3.44. The Labute approximate surface area is 226 Å². The Morgan fingerprint density at radius 3 is 2.10 bits per heavy atom. The summed E-state index contributed by atoms with van der Waals surface area (Å²) in [7, 11) is -3.16. The average molecular weight is 602 g/mol.